The molecule has 2 atom stereocenters. The third-order valence-electron chi connectivity index (χ3n) is 6.26. The minimum atomic E-state index is -0.234. The van der Waals surface area contributed by atoms with Crippen molar-refractivity contribution >= 4 is 29.9 Å². The Morgan fingerprint density at radius 1 is 1.28 bits per heavy atom. The summed E-state index contributed by atoms with van der Waals surface area (Å²) in [6, 6.07) is 6.57. The molecule has 1 saturated heterocycles. The molecule has 1 saturated carbocycles. The van der Waals surface area contributed by atoms with Crippen molar-refractivity contribution in [2.75, 3.05) is 26.2 Å². The Balaban J connectivity index is 0.00000300. The van der Waals surface area contributed by atoms with Crippen LogP contribution in [0.4, 0.5) is 0 Å². The van der Waals surface area contributed by atoms with E-state index in [0.717, 1.165) is 69.9 Å². The first-order valence-corrected chi connectivity index (χ1v) is 10.9. The van der Waals surface area contributed by atoms with Crippen LogP contribution in [0.2, 0.25) is 0 Å². The van der Waals surface area contributed by atoms with Crippen LogP contribution in [0.1, 0.15) is 58.1 Å². The molecule has 0 amide bonds. The number of halogens is 1. The van der Waals surface area contributed by atoms with Gasteiger partial charge in [-0.2, -0.15) is 0 Å². The van der Waals surface area contributed by atoms with Crippen molar-refractivity contribution in [2.45, 2.75) is 71.1 Å². The lowest BCUT2D eigenvalue weighted by Crippen LogP contribution is -2.49. The second-order valence-corrected chi connectivity index (χ2v) is 8.63. The van der Waals surface area contributed by atoms with Crippen molar-refractivity contribution in [3.8, 4) is 0 Å². The largest absolute Gasteiger partial charge is 0.392 e. The lowest BCUT2D eigenvalue weighted by Gasteiger charge is -2.37. The summed E-state index contributed by atoms with van der Waals surface area (Å²) in [5.74, 6) is 0.893. The molecule has 3 N–H and O–H groups in total. The molecule has 6 nitrogen and oxygen atoms in total. The number of rotatable bonds is 6. The van der Waals surface area contributed by atoms with Crippen LogP contribution in [-0.2, 0) is 6.54 Å². The SMILES string of the molecule is CCNC(=NCC1(C)CCCCC1O)NC1CCN(Cc2ccccn2)CC1.I. The Labute approximate surface area is 193 Å². The number of aromatic nitrogens is 1. The van der Waals surface area contributed by atoms with Crippen molar-refractivity contribution < 1.29 is 5.11 Å². The summed E-state index contributed by atoms with van der Waals surface area (Å²) in [5.41, 5.74) is 1.05. The number of piperidine rings is 1. The molecular weight excluding hydrogens is 477 g/mol. The molecule has 1 aromatic heterocycles. The fourth-order valence-electron chi connectivity index (χ4n) is 4.30. The minimum absolute atomic E-state index is 0. The van der Waals surface area contributed by atoms with E-state index in [4.69, 9.17) is 4.99 Å². The summed E-state index contributed by atoms with van der Waals surface area (Å²) in [5, 5.41) is 17.4. The molecule has 2 aliphatic rings. The second-order valence-electron chi connectivity index (χ2n) is 8.63. The maximum absolute atomic E-state index is 10.4. The van der Waals surface area contributed by atoms with E-state index >= 15 is 0 Å². The molecule has 1 aliphatic carbocycles. The molecule has 0 bridgehead atoms. The molecule has 2 fully saturated rings. The first-order chi connectivity index (χ1) is 13.6. The first kappa shape index (κ1) is 24.3. The van der Waals surface area contributed by atoms with Crippen molar-refractivity contribution in [1.82, 2.24) is 20.5 Å². The van der Waals surface area contributed by atoms with E-state index in [-0.39, 0.29) is 35.5 Å². The van der Waals surface area contributed by atoms with Crippen LogP contribution in [0, 0.1) is 5.41 Å². The monoisotopic (exact) mass is 515 g/mol. The van der Waals surface area contributed by atoms with E-state index in [1.54, 1.807) is 0 Å². The van der Waals surface area contributed by atoms with Gasteiger partial charge in [0.05, 0.1) is 18.3 Å². The standard InChI is InChI=1S/C22H37N5O.HI/c1-3-23-21(25-17-22(2)12-6-4-9-20(22)28)26-18-10-14-27(15-11-18)16-19-8-5-7-13-24-19;/h5,7-8,13,18,20,28H,3-4,6,9-12,14-17H2,1-2H3,(H2,23,25,26);1H. The Morgan fingerprint density at radius 3 is 2.72 bits per heavy atom. The highest BCUT2D eigenvalue weighted by Gasteiger charge is 2.35. The van der Waals surface area contributed by atoms with Gasteiger partial charge < -0.3 is 15.7 Å². The van der Waals surface area contributed by atoms with E-state index in [9.17, 15) is 5.11 Å². The lowest BCUT2D eigenvalue weighted by atomic mass is 9.73. The number of pyridine rings is 1. The van der Waals surface area contributed by atoms with Crippen molar-refractivity contribution in [3.63, 3.8) is 0 Å². The number of hydrogen-bond donors (Lipinski definition) is 3. The first-order valence-electron chi connectivity index (χ1n) is 10.9. The van der Waals surface area contributed by atoms with Gasteiger partial charge in [0.2, 0.25) is 0 Å². The van der Waals surface area contributed by atoms with Crippen LogP contribution in [0.15, 0.2) is 29.4 Å². The molecule has 1 aliphatic heterocycles. The predicted molar refractivity (Wildman–Crippen MR) is 130 cm³/mol. The van der Waals surface area contributed by atoms with Crippen LogP contribution >= 0.6 is 24.0 Å². The van der Waals surface area contributed by atoms with Gasteiger partial charge in [0.15, 0.2) is 5.96 Å². The van der Waals surface area contributed by atoms with Gasteiger partial charge >= 0.3 is 0 Å². The highest BCUT2D eigenvalue weighted by atomic mass is 127. The molecule has 0 spiro atoms. The topological polar surface area (TPSA) is 72.8 Å². The normalized spacial score (nSPS) is 26.6. The van der Waals surface area contributed by atoms with Gasteiger partial charge in [0, 0.05) is 43.8 Å². The zero-order chi connectivity index (χ0) is 19.8. The number of hydrogen-bond acceptors (Lipinski definition) is 4. The van der Waals surface area contributed by atoms with Gasteiger partial charge in [-0.15, -0.1) is 24.0 Å². The average molecular weight is 515 g/mol. The molecule has 3 rings (SSSR count). The van der Waals surface area contributed by atoms with Crippen molar-refractivity contribution in [3.05, 3.63) is 30.1 Å². The van der Waals surface area contributed by atoms with Gasteiger partial charge in [-0.3, -0.25) is 14.9 Å². The van der Waals surface area contributed by atoms with E-state index in [1.165, 1.54) is 6.42 Å². The van der Waals surface area contributed by atoms with E-state index < -0.39 is 0 Å². The van der Waals surface area contributed by atoms with Crippen molar-refractivity contribution in [2.24, 2.45) is 10.4 Å². The van der Waals surface area contributed by atoms with E-state index in [0.29, 0.717) is 12.6 Å². The third-order valence-corrected chi connectivity index (χ3v) is 6.26. The summed E-state index contributed by atoms with van der Waals surface area (Å²) in [6.45, 7) is 8.89. The van der Waals surface area contributed by atoms with Crippen LogP contribution < -0.4 is 10.6 Å². The lowest BCUT2D eigenvalue weighted by molar-refractivity contribution is 0.00715. The number of aliphatic imine (C=N–C) groups is 1. The molecule has 2 heterocycles. The summed E-state index contributed by atoms with van der Waals surface area (Å²) in [4.78, 5) is 11.8. The van der Waals surface area contributed by atoms with Gasteiger partial charge in [-0.1, -0.05) is 25.8 Å². The zero-order valence-electron chi connectivity index (χ0n) is 17.9. The smallest absolute Gasteiger partial charge is 0.191 e. The average Bonchev–Trinajstić information content (AvgIpc) is 2.71. The molecule has 2 unspecified atom stereocenters. The fraction of sp³-hybridized carbons (Fsp3) is 0.727. The Hall–Kier alpha value is -0.930. The van der Waals surface area contributed by atoms with Crippen molar-refractivity contribution in [1.29, 1.82) is 0 Å². The number of aliphatic hydroxyl groups excluding tert-OH is 1. The van der Waals surface area contributed by atoms with E-state index in [2.05, 4.69) is 46.5 Å². The maximum atomic E-state index is 10.4. The van der Waals surface area contributed by atoms with Crippen LogP contribution in [-0.4, -0.2) is 59.3 Å². The summed E-state index contributed by atoms with van der Waals surface area (Å²) < 4.78 is 0. The molecule has 0 radical (unpaired) electrons. The molecule has 164 valence electrons. The highest BCUT2D eigenvalue weighted by Crippen LogP contribution is 2.36. The van der Waals surface area contributed by atoms with Gasteiger partial charge in [0.25, 0.3) is 0 Å². The fourth-order valence-corrected chi connectivity index (χ4v) is 4.30. The quantitative estimate of drug-likeness (QED) is 0.309. The molecule has 29 heavy (non-hydrogen) atoms. The zero-order valence-corrected chi connectivity index (χ0v) is 20.3. The Kier molecular flexibility index (Phi) is 10.1. The van der Waals surface area contributed by atoms with Crippen LogP contribution in [0.3, 0.4) is 0 Å². The summed E-state index contributed by atoms with van der Waals surface area (Å²) in [7, 11) is 0. The summed E-state index contributed by atoms with van der Waals surface area (Å²) >= 11 is 0. The van der Waals surface area contributed by atoms with Gasteiger partial charge in [-0.05, 0) is 44.7 Å². The van der Waals surface area contributed by atoms with Gasteiger partial charge in [-0.25, -0.2) is 0 Å². The molecular formula is C22H38IN5O. The molecule has 0 aromatic carbocycles. The van der Waals surface area contributed by atoms with Crippen LogP contribution in [0.25, 0.3) is 0 Å². The Morgan fingerprint density at radius 2 is 2.07 bits per heavy atom. The highest BCUT2D eigenvalue weighted by molar-refractivity contribution is 14.0. The number of likely N-dealkylation sites (tertiary alicyclic amines) is 1. The summed E-state index contributed by atoms with van der Waals surface area (Å²) in [6.07, 6.45) is 8.15. The predicted octanol–water partition coefficient (Wildman–Crippen LogP) is 3.16. The second kappa shape index (κ2) is 12.1. The number of guanidine groups is 1. The minimum Gasteiger partial charge on any atom is -0.392 e. The Bertz CT molecular complexity index is 621. The van der Waals surface area contributed by atoms with Gasteiger partial charge in [0.1, 0.15) is 0 Å². The van der Waals surface area contributed by atoms with E-state index in [1.807, 2.05) is 12.3 Å². The maximum Gasteiger partial charge on any atom is 0.191 e. The number of nitrogens with zero attached hydrogens (tertiary/aromatic N) is 3. The molecule has 7 heteroatoms. The number of aliphatic hydroxyl groups is 1. The molecule has 1 aromatic rings. The number of nitrogens with one attached hydrogen (secondary N) is 2. The third kappa shape index (κ3) is 7.36. The van der Waals surface area contributed by atoms with Crippen LogP contribution in [0.5, 0.6) is 0 Å².